The number of ether oxygens (including phenoxy) is 1. The van der Waals surface area contributed by atoms with Crippen molar-refractivity contribution in [3.05, 3.63) is 48.0 Å². The number of carbonyl (C=O) groups excluding carboxylic acids is 2. The molecular formula is C20H23NO3. The minimum absolute atomic E-state index is 0.173. The molecule has 2 aromatic carbocycles. The zero-order valence-electron chi connectivity index (χ0n) is 14.2. The molecule has 1 saturated carbocycles. The lowest BCUT2D eigenvalue weighted by Crippen LogP contribution is -2.39. The Morgan fingerprint density at radius 2 is 1.92 bits per heavy atom. The number of nitrogens with zero attached hydrogens (tertiary/aromatic N) is 1. The number of carbonyl (C=O) groups is 2. The molecule has 0 radical (unpaired) electrons. The molecule has 2 atom stereocenters. The molecule has 0 heterocycles. The molecule has 0 N–H and O–H groups in total. The van der Waals surface area contributed by atoms with Gasteiger partial charge in [0.2, 0.25) is 0 Å². The Morgan fingerprint density at radius 3 is 2.67 bits per heavy atom. The normalized spacial score (nSPS) is 19.1. The Labute approximate surface area is 142 Å². The first-order valence-electron chi connectivity index (χ1n) is 8.44. The second kappa shape index (κ2) is 7.04. The average molecular weight is 325 g/mol. The Morgan fingerprint density at radius 1 is 1.17 bits per heavy atom. The SMILES string of the molecule is COC(=O)N(C)C(c1cccc2ccccc12)C1CCCCC1=O. The van der Waals surface area contributed by atoms with Gasteiger partial charge in [-0.3, -0.25) is 4.79 Å². The highest BCUT2D eigenvalue weighted by Crippen LogP contribution is 2.39. The quantitative estimate of drug-likeness (QED) is 0.843. The van der Waals surface area contributed by atoms with Crippen LogP contribution < -0.4 is 0 Å². The van der Waals surface area contributed by atoms with Crippen LogP contribution in [0, 0.1) is 5.92 Å². The van der Waals surface area contributed by atoms with E-state index in [1.807, 2.05) is 24.3 Å². The van der Waals surface area contributed by atoms with Crippen molar-refractivity contribution in [1.29, 1.82) is 0 Å². The first-order valence-corrected chi connectivity index (χ1v) is 8.44. The molecular weight excluding hydrogens is 302 g/mol. The van der Waals surface area contributed by atoms with Crippen LogP contribution in [0.25, 0.3) is 10.8 Å². The van der Waals surface area contributed by atoms with Gasteiger partial charge in [-0.25, -0.2) is 4.79 Å². The van der Waals surface area contributed by atoms with Crippen LogP contribution in [0.2, 0.25) is 0 Å². The summed E-state index contributed by atoms with van der Waals surface area (Å²) in [4.78, 5) is 26.4. The molecule has 1 amide bonds. The number of fused-ring (bicyclic) bond motifs is 1. The highest BCUT2D eigenvalue weighted by Gasteiger charge is 2.36. The molecule has 2 unspecified atom stereocenters. The van der Waals surface area contributed by atoms with Gasteiger partial charge in [0.15, 0.2) is 0 Å². The predicted octanol–water partition coefficient (Wildman–Crippen LogP) is 4.34. The van der Waals surface area contributed by atoms with E-state index >= 15 is 0 Å². The van der Waals surface area contributed by atoms with E-state index in [9.17, 15) is 9.59 Å². The van der Waals surface area contributed by atoms with Gasteiger partial charge >= 0.3 is 6.09 Å². The fraction of sp³-hybridized carbons (Fsp3) is 0.400. The standard InChI is InChI=1S/C20H23NO3/c1-21(20(23)24-2)19(17-11-5-6-13-18(17)22)16-12-7-9-14-8-3-4-10-15(14)16/h3-4,7-10,12,17,19H,5-6,11,13H2,1-2H3. The maximum absolute atomic E-state index is 12.6. The van der Waals surface area contributed by atoms with Gasteiger partial charge in [-0.05, 0) is 29.2 Å². The van der Waals surface area contributed by atoms with E-state index in [2.05, 4.69) is 18.2 Å². The molecule has 126 valence electrons. The van der Waals surface area contributed by atoms with Crippen molar-refractivity contribution in [2.45, 2.75) is 31.7 Å². The number of methoxy groups -OCH3 is 1. The molecule has 1 aliphatic rings. The molecule has 24 heavy (non-hydrogen) atoms. The molecule has 4 heteroatoms. The van der Waals surface area contributed by atoms with Crippen molar-refractivity contribution >= 4 is 22.6 Å². The van der Waals surface area contributed by atoms with Crippen molar-refractivity contribution in [1.82, 2.24) is 4.90 Å². The first kappa shape index (κ1) is 16.5. The Bertz CT molecular complexity index is 750. The molecule has 0 bridgehead atoms. The highest BCUT2D eigenvalue weighted by atomic mass is 16.5. The van der Waals surface area contributed by atoms with Gasteiger partial charge in [0.25, 0.3) is 0 Å². The molecule has 0 aliphatic heterocycles. The number of ketones is 1. The van der Waals surface area contributed by atoms with Gasteiger partial charge in [-0.15, -0.1) is 0 Å². The van der Waals surface area contributed by atoms with Gasteiger partial charge in [-0.2, -0.15) is 0 Å². The van der Waals surface area contributed by atoms with Crippen LogP contribution in [0.1, 0.15) is 37.3 Å². The summed E-state index contributed by atoms with van der Waals surface area (Å²) < 4.78 is 4.93. The summed E-state index contributed by atoms with van der Waals surface area (Å²) in [6.45, 7) is 0. The smallest absolute Gasteiger partial charge is 0.409 e. The monoisotopic (exact) mass is 325 g/mol. The third-order valence-electron chi connectivity index (χ3n) is 5.00. The van der Waals surface area contributed by atoms with Crippen LogP contribution in [0.4, 0.5) is 4.79 Å². The molecule has 3 rings (SSSR count). The van der Waals surface area contributed by atoms with Gasteiger partial charge in [0.05, 0.1) is 13.2 Å². The third-order valence-corrected chi connectivity index (χ3v) is 5.00. The molecule has 4 nitrogen and oxygen atoms in total. The van der Waals surface area contributed by atoms with Crippen molar-refractivity contribution in [3.63, 3.8) is 0 Å². The molecule has 2 aromatic rings. The highest BCUT2D eigenvalue weighted by molar-refractivity contribution is 5.89. The predicted molar refractivity (Wildman–Crippen MR) is 93.8 cm³/mol. The van der Waals surface area contributed by atoms with Gasteiger partial charge < -0.3 is 9.64 Å². The van der Waals surface area contributed by atoms with E-state index in [0.717, 1.165) is 35.6 Å². The Balaban J connectivity index is 2.12. The summed E-state index contributed by atoms with van der Waals surface area (Å²) in [5, 5.41) is 2.20. The van der Waals surface area contributed by atoms with E-state index in [0.29, 0.717) is 6.42 Å². The number of hydrogen-bond acceptors (Lipinski definition) is 3. The maximum atomic E-state index is 12.6. The second-order valence-electron chi connectivity index (χ2n) is 6.41. The Kier molecular flexibility index (Phi) is 4.84. The Hall–Kier alpha value is -2.36. The van der Waals surface area contributed by atoms with Gasteiger partial charge in [0, 0.05) is 19.4 Å². The van der Waals surface area contributed by atoms with Crippen LogP contribution in [-0.2, 0) is 9.53 Å². The summed E-state index contributed by atoms with van der Waals surface area (Å²) in [5.74, 6) is 0.0728. The van der Waals surface area contributed by atoms with E-state index in [4.69, 9.17) is 4.74 Å². The summed E-state index contributed by atoms with van der Waals surface area (Å²) in [5.41, 5.74) is 1.02. The molecule has 0 aromatic heterocycles. The number of rotatable bonds is 3. The largest absolute Gasteiger partial charge is 0.453 e. The van der Waals surface area contributed by atoms with Crippen molar-refractivity contribution in [2.75, 3.05) is 14.2 Å². The van der Waals surface area contributed by atoms with Crippen LogP contribution >= 0.6 is 0 Å². The number of hydrogen-bond donors (Lipinski definition) is 0. The summed E-state index contributed by atoms with van der Waals surface area (Å²) in [7, 11) is 3.10. The van der Waals surface area contributed by atoms with E-state index < -0.39 is 6.09 Å². The van der Waals surface area contributed by atoms with Crippen LogP contribution in [0.15, 0.2) is 42.5 Å². The first-order chi connectivity index (χ1) is 11.6. The number of Topliss-reactive ketones (excluding diaryl/α,β-unsaturated/α-hetero) is 1. The van der Waals surface area contributed by atoms with Crippen LogP contribution in [-0.4, -0.2) is 30.9 Å². The van der Waals surface area contributed by atoms with E-state index in [1.54, 1.807) is 11.9 Å². The zero-order chi connectivity index (χ0) is 17.1. The molecule has 1 fully saturated rings. The fourth-order valence-corrected chi connectivity index (χ4v) is 3.81. The van der Waals surface area contributed by atoms with Crippen LogP contribution in [0.3, 0.4) is 0 Å². The third kappa shape index (κ3) is 3.01. The van der Waals surface area contributed by atoms with Gasteiger partial charge in [-0.1, -0.05) is 48.9 Å². The molecule has 0 spiro atoms. The van der Waals surface area contributed by atoms with Gasteiger partial charge in [0.1, 0.15) is 5.78 Å². The average Bonchev–Trinajstić information content (AvgIpc) is 2.63. The number of amides is 1. The zero-order valence-corrected chi connectivity index (χ0v) is 14.2. The molecule has 0 saturated heterocycles. The fourth-order valence-electron chi connectivity index (χ4n) is 3.81. The summed E-state index contributed by atoms with van der Waals surface area (Å²) >= 11 is 0. The van der Waals surface area contributed by atoms with Crippen molar-refractivity contribution in [3.8, 4) is 0 Å². The lowest BCUT2D eigenvalue weighted by molar-refractivity contribution is -0.126. The summed E-state index contributed by atoms with van der Waals surface area (Å²) in [6.07, 6.45) is 2.97. The van der Waals surface area contributed by atoms with Crippen molar-refractivity contribution in [2.24, 2.45) is 5.92 Å². The van der Waals surface area contributed by atoms with Crippen LogP contribution in [0.5, 0.6) is 0 Å². The van der Waals surface area contributed by atoms with E-state index in [-0.39, 0.29) is 17.7 Å². The summed E-state index contributed by atoms with van der Waals surface area (Å²) in [6, 6.07) is 13.9. The topological polar surface area (TPSA) is 46.6 Å². The lowest BCUT2D eigenvalue weighted by atomic mass is 9.78. The van der Waals surface area contributed by atoms with Crippen molar-refractivity contribution < 1.29 is 14.3 Å². The number of benzene rings is 2. The second-order valence-corrected chi connectivity index (χ2v) is 6.41. The lowest BCUT2D eigenvalue weighted by Gasteiger charge is -2.36. The minimum atomic E-state index is -0.411. The maximum Gasteiger partial charge on any atom is 0.409 e. The molecule has 1 aliphatic carbocycles. The van der Waals surface area contributed by atoms with E-state index in [1.165, 1.54) is 7.11 Å². The minimum Gasteiger partial charge on any atom is -0.453 e.